The first kappa shape index (κ1) is 24.8. The second-order valence-electron chi connectivity index (χ2n) is 7.89. The van der Waals surface area contributed by atoms with E-state index in [9.17, 15) is 17.6 Å². The number of carbonyl (C=O) groups excluding carboxylic acids is 1. The average Bonchev–Trinajstić information content (AvgIpc) is 3.12. The summed E-state index contributed by atoms with van der Waals surface area (Å²) in [4.78, 5) is 16.4. The van der Waals surface area contributed by atoms with E-state index in [1.165, 1.54) is 43.8 Å². The number of pyridine rings is 1. The van der Waals surface area contributed by atoms with E-state index in [1.807, 2.05) is 6.92 Å². The molecule has 1 aromatic carbocycles. The summed E-state index contributed by atoms with van der Waals surface area (Å²) in [5.74, 6) is -0.434. The first-order chi connectivity index (χ1) is 15.6. The maximum atomic E-state index is 14.2. The lowest BCUT2D eigenvalue weighted by molar-refractivity contribution is 0.145. The Morgan fingerprint density at radius 2 is 1.97 bits per heavy atom. The van der Waals surface area contributed by atoms with Crippen LogP contribution >= 0.6 is 0 Å². The van der Waals surface area contributed by atoms with Crippen molar-refractivity contribution in [3.8, 4) is 5.75 Å². The van der Waals surface area contributed by atoms with Crippen molar-refractivity contribution in [2.24, 2.45) is 0 Å². The van der Waals surface area contributed by atoms with Gasteiger partial charge in [-0.2, -0.15) is 17.0 Å². The molecule has 0 aliphatic carbocycles. The third-order valence-corrected chi connectivity index (χ3v) is 7.01. The van der Waals surface area contributed by atoms with Gasteiger partial charge in [-0.1, -0.05) is 0 Å². The normalized spacial score (nSPS) is 19.0. The van der Waals surface area contributed by atoms with Gasteiger partial charge in [0.05, 0.1) is 31.1 Å². The van der Waals surface area contributed by atoms with E-state index in [-0.39, 0.29) is 24.6 Å². The number of nitrogens with one attached hydrogen (secondary N) is 2. The van der Waals surface area contributed by atoms with Gasteiger partial charge in [0.15, 0.2) is 0 Å². The molecule has 1 aliphatic rings. The van der Waals surface area contributed by atoms with E-state index in [2.05, 4.69) is 15.6 Å². The van der Waals surface area contributed by atoms with Crippen LogP contribution < -0.4 is 15.4 Å². The zero-order chi connectivity index (χ0) is 24.2. The summed E-state index contributed by atoms with van der Waals surface area (Å²) in [6.45, 7) is 2.13. The molecule has 0 radical (unpaired) electrons. The number of anilines is 2. The van der Waals surface area contributed by atoms with Crippen LogP contribution in [0.15, 0.2) is 36.5 Å². The van der Waals surface area contributed by atoms with Crippen LogP contribution in [-0.4, -0.2) is 74.5 Å². The van der Waals surface area contributed by atoms with Crippen molar-refractivity contribution < 1.29 is 27.1 Å². The molecule has 2 atom stereocenters. The summed E-state index contributed by atoms with van der Waals surface area (Å²) in [5, 5.41) is 5.17. The molecule has 33 heavy (non-hydrogen) atoms. The fourth-order valence-electron chi connectivity index (χ4n) is 3.50. The molecule has 12 heteroatoms. The highest BCUT2D eigenvalue weighted by Crippen LogP contribution is 2.28. The molecule has 2 N–H and O–H groups in total. The molecule has 0 bridgehead atoms. The van der Waals surface area contributed by atoms with Crippen LogP contribution in [-0.2, 0) is 14.9 Å². The minimum Gasteiger partial charge on any atom is -0.489 e. The number of urea groups is 1. The van der Waals surface area contributed by atoms with Gasteiger partial charge < -0.3 is 20.1 Å². The molecular weight excluding hydrogens is 453 g/mol. The smallest absolute Gasteiger partial charge is 0.323 e. The number of aryl methyl sites for hydroxylation is 1. The van der Waals surface area contributed by atoms with Gasteiger partial charge in [-0.25, -0.2) is 9.18 Å². The van der Waals surface area contributed by atoms with Gasteiger partial charge in [-0.05, 0) is 25.1 Å². The van der Waals surface area contributed by atoms with E-state index in [0.29, 0.717) is 12.1 Å². The highest BCUT2D eigenvalue weighted by Gasteiger charge is 2.41. The average molecular weight is 482 g/mol. The molecule has 1 saturated heterocycles. The van der Waals surface area contributed by atoms with Crippen molar-refractivity contribution >= 4 is 27.6 Å². The maximum Gasteiger partial charge on any atom is 0.323 e. The Kier molecular flexibility index (Phi) is 7.84. The Morgan fingerprint density at radius 1 is 1.24 bits per heavy atom. The van der Waals surface area contributed by atoms with E-state index in [0.717, 1.165) is 16.1 Å². The minimum atomic E-state index is -3.68. The van der Waals surface area contributed by atoms with Gasteiger partial charge in [0.2, 0.25) is 0 Å². The van der Waals surface area contributed by atoms with Crippen LogP contribution in [0.5, 0.6) is 5.75 Å². The molecule has 1 fully saturated rings. The standard InChI is InChI=1S/C21H28FN5O5S/c1-14-5-6-16(11-23-14)24-21(28)25-17-7-15(22)8-19(9-17)32-20-10-18(13-31-4)27(12-20)33(29,30)26(2)3/h5-9,11,18,20H,10,12-13H2,1-4H3,(H2,24,25,28)/t18-,20+/m1/s1. The van der Waals surface area contributed by atoms with Gasteiger partial charge in [-0.15, -0.1) is 0 Å². The number of halogens is 1. The Balaban J connectivity index is 1.69. The van der Waals surface area contributed by atoms with Crippen LogP contribution in [0.25, 0.3) is 0 Å². The van der Waals surface area contributed by atoms with Crippen LogP contribution in [0, 0.1) is 12.7 Å². The first-order valence-corrected chi connectivity index (χ1v) is 11.6. The number of hydrogen-bond acceptors (Lipinski definition) is 6. The molecule has 2 aromatic rings. The molecule has 2 amide bonds. The summed E-state index contributed by atoms with van der Waals surface area (Å²) in [6, 6.07) is 6.29. The topological polar surface area (TPSA) is 113 Å². The van der Waals surface area contributed by atoms with Gasteiger partial charge in [0, 0.05) is 51.1 Å². The third-order valence-electron chi connectivity index (χ3n) is 5.04. The second-order valence-corrected chi connectivity index (χ2v) is 9.98. The van der Waals surface area contributed by atoms with Crippen molar-refractivity contribution in [3.05, 3.63) is 48.0 Å². The zero-order valence-corrected chi connectivity index (χ0v) is 19.7. The Bertz CT molecular complexity index is 1080. The zero-order valence-electron chi connectivity index (χ0n) is 18.9. The number of carbonyl (C=O) groups is 1. The molecule has 1 aliphatic heterocycles. The Hall–Kier alpha value is -2.80. The largest absolute Gasteiger partial charge is 0.489 e. The maximum absolute atomic E-state index is 14.2. The van der Waals surface area contributed by atoms with Crippen LogP contribution in [0.2, 0.25) is 0 Å². The van der Waals surface area contributed by atoms with Crippen LogP contribution in [0.1, 0.15) is 12.1 Å². The van der Waals surface area contributed by atoms with Crippen molar-refractivity contribution in [2.45, 2.75) is 25.5 Å². The molecule has 0 spiro atoms. The minimum absolute atomic E-state index is 0.0920. The van der Waals surface area contributed by atoms with Crippen molar-refractivity contribution in [3.63, 3.8) is 0 Å². The summed E-state index contributed by atoms with van der Waals surface area (Å²) in [6.07, 6.45) is 1.38. The van der Waals surface area contributed by atoms with Crippen LogP contribution in [0.4, 0.5) is 20.6 Å². The SMILES string of the molecule is COC[C@H]1C[C@H](Oc2cc(F)cc(NC(=O)Nc3ccc(C)nc3)c2)CN1S(=O)(=O)N(C)C. The summed E-state index contributed by atoms with van der Waals surface area (Å²) < 4.78 is 53.0. The lowest BCUT2D eigenvalue weighted by Crippen LogP contribution is -2.44. The molecule has 0 unspecified atom stereocenters. The number of hydrogen-bond donors (Lipinski definition) is 2. The molecule has 2 heterocycles. The van der Waals surface area contributed by atoms with E-state index < -0.39 is 34.2 Å². The number of aromatic nitrogens is 1. The number of benzene rings is 1. The third kappa shape index (κ3) is 6.38. The Morgan fingerprint density at radius 3 is 2.61 bits per heavy atom. The summed E-state index contributed by atoms with van der Waals surface area (Å²) >= 11 is 0. The summed E-state index contributed by atoms with van der Waals surface area (Å²) in [5.41, 5.74) is 1.49. The molecule has 1 aromatic heterocycles. The van der Waals surface area contributed by atoms with Crippen molar-refractivity contribution in [1.82, 2.24) is 13.6 Å². The van der Waals surface area contributed by atoms with Gasteiger partial charge in [0.1, 0.15) is 17.7 Å². The van der Waals surface area contributed by atoms with Crippen molar-refractivity contribution in [2.75, 3.05) is 45.0 Å². The first-order valence-electron chi connectivity index (χ1n) is 10.2. The molecule has 10 nitrogen and oxygen atoms in total. The van der Waals surface area contributed by atoms with Crippen LogP contribution in [0.3, 0.4) is 0 Å². The van der Waals surface area contributed by atoms with Gasteiger partial charge >= 0.3 is 6.03 Å². The van der Waals surface area contributed by atoms with Crippen molar-refractivity contribution in [1.29, 1.82) is 0 Å². The molecule has 3 rings (SSSR count). The highest BCUT2D eigenvalue weighted by molar-refractivity contribution is 7.86. The monoisotopic (exact) mass is 481 g/mol. The molecular formula is C21H28FN5O5S. The van der Waals surface area contributed by atoms with Gasteiger partial charge in [-0.3, -0.25) is 4.98 Å². The van der Waals surface area contributed by atoms with Gasteiger partial charge in [0.25, 0.3) is 10.2 Å². The second kappa shape index (κ2) is 10.4. The van der Waals surface area contributed by atoms with E-state index in [1.54, 1.807) is 12.1 Å². The quantitative estimate of drug-likeness (QED) is 0.599. The number of nitrogens with zero attached hydrogens (tertiary/aromatic N) is 3. The fraction of sp³-hybridized carbons (Fsp3) is 0.429. The molecule has 180 valence electrons. The van der Waals surface area contributed by atoms with E-state index >= 15 is 0 Å². The highest BCUT2D eigenvalue weighted by atomic mass is 32.2. The predicted molar refractivity (Wildman–Crippen MR) is 122 cm³/mol. The number of ether oxygens (including phenoxy) is 2. The van der Waals surface area contributed by atoms with E-state index in [4.69, 9.17) is 9.47 Å². The molecule has 0 saturated carbocycles. The number of amides is 2. The fourth-order valence-corrected chi connectivity index (χ4v) is 4.80. The lowest BCUT2D eigenvalue weighted by Gasteiger charge is -2.26. The Labute approximate surface area is 192 Å². The lowest BCUT2D eigenvalue weighted by atomic mass is 10.2. The predicted octanol–water partition coefficient (Wildman–Crippen LogP) is 2.45. The number of rotatable bonds is 8. The number of methoxy groups -OCH3 is 1. The summed E-state index contributed by atoms with van der Waals surface area (Å²) in [7, 11) is 0.729.